The summed E-state index contributed by atoms with van der Waals surface area (Å²) in [4.78, 5) is 11.8. The molecule has 3 unspecified atom stereocenters. The molecule has 2 nitrogen and oxygen atoms in total. The lowest BCUT2D eigenvalue weighted by Crippen LogP contribution is -2.76. The Hall–Kier alpha value is -0.280. The van der Waals surface area contributed by atoms with E-state index in [-0.39, 0.29) is 10.5 Å². The predicted octanol–water partition coefficient (Wildman–Crippen LogP) is 5.38. The molecule has 4 aliphatic carbocycles. The molecule has 5 aliphatic rings. The third kappa shape index (κ3) is 1.74. The Kier molecular flexibility index (Phi) is 2.91. The molecule has 1 aromatic rings. The molecule has 4 heteroatoms. The number of hydrogen-bond acceptors (Lipinski definition) is 2. The van der Waals surface area contributed by atoms with Crippen molar-refractivity contribution in [3.8, 4) is 0 Å². The lowest BCUT2D eigenvalue weighted by atomic mass is 9.45. The van der Waals surface area contributed by atoms with Crippen LogP contribution in [-0.4, -0.2) is 10.5 Å². The van der Waals surface area contributed by atoms with Crippen molar-refractivity contribution in [3.05, 3.63) is 34.3 Å². The van der Waals surface area contributed by atoms with Crippen molar-refractivity contribution < 1.29 is 9.78 Å². The van der Waals surface area contributed by atoms with Crippen molar-refractivity contribution in [2.45, 2.75) is 62.0 Å². The fraction of sp³-hybridized carbons (Fsp3) is 0.684. The van der Waals surface area contributed by atoms with Crippen LogP contribution in [0.3, 0.4) is 0 Å². The molecule has 0 amide bonds. The first-order chi connectivity index (χ1) is 10.9. The van der Waals surface area contributed by atoms with Gasteiger partial charge >= 0.3 is 0 Å². The highest BCUT2D eigenvalue weighted by Gasteiger charge is 2.75. The van der Waals surface area contributed by atoms with E-state index >= 15 is 0 Å². The molecular weight excluding hydrogens is 331 g/mol. The molecule has 1 aliphatic heterocycles. The van der Waals surface area contributed by atoms with Gasteiger partial charge < -0.3 is 0 Å². The average molecular weight is 353 g/mol. The molecule has 1 aromatic carbocycles. The maximum absolute atomic E-state index is 6.91. The van der Waals surface area contributed by atoms with Gasteiger partial charge in [0.05, 0.1) is 0 Å². The molecule has 5 fully saturated rings. The first-order valence-electron chi connectivity index (χ1n) is 8.69. The van der Waals surface area contributed by atoms with Gasteiger partial charge in [-0.1, -0.05) is 23.7 Å². The average Bonchev–Trinajstić information content (AvgIpc) is 2.46. The second-order valence-corrected chi connectivity index (χ2v) is 9.66. The Morgan fingerprint density at radius 2 is 1.78 bits per heavy atom. The first kappa shape index (κ1) is 15.0. The van der Waals surface area contributed by atoms with Crippen LogP contribution in [0.25, 0.3) is 0 Å². The number of alkyl halides is 1. The molecule has 3 atom stereocenters. The lowest BCUT2D eigenvalue weighted by Gasteiger charge is -2.70. The van der Waals surface area contributed by atoms with E-state index in [1.165, 1.54) is 24.8 Å². The number of aryl methyl sites for hydroxylation is 1. The van der Waals surface area contributed by atoms with E-state index in [0.717, 1.165) is 29.3 Å². The van der Waals surface area contributed by atoms with E-state index in [2.05, 4.69) is 19.1 Å². The number of benzene rings is 1. The fourth-order valence-corrected chi connectivity index (χ4v) is 6.97. The van der Waals surface area contributed by atoms with E-state index in [9.17, 15) is 0 Å². The van der Waals surface area contributed by atoms with E-state index in [1.54, 1.807) is 0 Å². The van der Waals surface area contributed by atoms with Crippen LogP contribution in [0.15, 0.2) is 18.2 Å². The van der Waals surface area contributed by atoms with Gasteiger partial charge in [0.15, 0.2) is 5.60 Å². The quantitative estimate of drug-likeness (QED) is 0.498. The standard InChI is InChI=1S/C19H22Cl2O2/c1-11-5-13(3-4-16(11)20)17(2)19(23-22-17)14-6-12-7-15(19)10-18(21,8-12)9-14/h3-5,12,14-15H,6-10H2,1-2H3. The molecule has 1 heterocycles. The highest BCUT2D eigenvalue weighted by molar-refractivity contribution is 6.31. The Morgan fingerprint density at radius 1 is 1.09 bits per heavy atom. The van der Waals surface area contributed by atoms with Gasteiger partial charge in [0, 0.05) is 9.90 Å². The van der Waals surface area contributed by atoms with Crippen LogP contribution in [0.2, 0.25) is 5.02 Å². The van der Waals surface area contributed by atoms with Crippen LogP contribution >= 0.6 is 23.2 Å². The van der Waals surface area contributed by atoms with Crippen LogP contribution in [0.4, 0.5) is 0 Å². The minimum Gasteiger partial charge on any atom is -0.225 e. The maximum Gasteiger partial charge on any atom is 0.158 e. The van der Waals surface area contributed by atoms with Gasteiger partial charge in [0.1, 0.15) is 5.60 Å². The van der Waals surface area contributed by atoms with Crippen LogP contribution in [0.5, 0.6) is 0 Å². The summed E-state index contributed by atoms with van der Waals surface area (Å²) < 4.78 is 0. The van der Waals surface area contributed by atoms with E-state index in [1.807, 2.05) is 13.0 Å². The fourth-order valence-electron chi connectivity index (χ4n) is 6.26. The van der Waals surface area contributed by atoms with Gasteiger partial charge in [0.2, 0.25) is 0 Å². The normalized spacial score (nSPS) is 50.3. The molecule has 4 bridgehead atoms. The monoisotopic (exact) mass is 352 g/mol. The Balaban J connectivity index is 1.59. The summed E-state index contributed by atoms with van der Waals surface area (Å²) in [7, 11) is 0. The molecule has 6 rings (SSSR count). The largest absolute Gasteiger partial charge is 0.225 e. The van der Waals surface area contributed by atoms with Crippen LogP contribution < -0.4 is 0 Å². The van der Waals surface area contributed by atoms with E-state index in [0.29, 0.717) is 11.8 Å². The molecule has 0 aromatic heterocycles. The third-order valence-corrected chi connectivity index (χ3v) is 8.02. The van der Waals surface area contributed by atoms with Crippen molar-refractivity contribution >= 4 is 23.2 Å². The Bertz CT molecular complexity index is 672. The summed E-state index contributed by atoms with van der Waals surface area (Å²) in [5.41, 5.74) is 1.68. The topological polar surface area (TPSA) is 18.5 Å². The number of rotatable bonds is 1. The number of hydrogen-bond donors (Lipinski definition) is 0. The zero-order chi connectivity index (χ0) is 16.0. The minimum absolute atomic E-state index is 0.0114. The smallest absolute Gasteiger partial charge is 0.158 e. The summed E-state index contributed by atoms with van der Waals surface area (Å²) in [6, 6.07) is 6.24. The van der Waals surface area contributed by atoms with Crippen molar-refractivity contribution in [1.82, 2.24) is 0 Å². The zero-order valence-electron chi connectivity index (χ0n) is 13.6. The van der Waals surface area contributed by atoms with Gasteiger partial charge in [-0.3, -0.25) is 0 Å². The minimum atomic E-state index is -0.391. The molecule has 4 saturated carbocycles. The molecule has 124 valence electrons. The summed E-state index contributed by atoms with van der Waals surface area (Å²) in [6.45, 7) is 4.24. The first-order valence-corrected chi connectivity index (χ1v) is 9.44. The van der Waals surface area contributed by atoms with Crippen molar-refractivity contribution in [3.63, 3.8) is 0 Å². The molecule has 23 heavy (non-hydrogen) atoms. The lowest BCUT2D eigenvalue weighted by molar-refractivity contribution is -0.589. The SMILES string of the molecule is Cc1cc(C2(C)OOC23C2CC4CC3CC(Cl)(C4)C2)ccc1Cl. The molecule has 0 N–H and O–H groups in total. The van der Waals surface area contributed by atoms with Crippen molar-refractivity contribution in [2.24, 2.45) is 17.8 Å². The van der Waals surface area contributed by atoms with Crippen molar-refractivity contribution in [1.29, 1.82) is 0 Å². The van der Waals surface area contributed by atoms with E-state index in [4.69, 9.17) is 33.0 Å². The second kappa shape index (κ2) is 4.46. The van der Waals surface area contributed by atoms with Crippen molar-refractivity contribution in [2.75, 3.05) is 0 Å². The van der Waals surface area contributed by atoms with E-state index < -0.39 is 5.60 Å². The van der Waals surface area contributed by atoms with Gasteiger partial charge in [-0.25, -0.2) is 9.78 Å². The third-order valence-electron chi connectivity index (χ3n) is 7.13. The summed E-state index contributed by atoms with van der Waals surface area (Å²) in [5, 5.41) is 0.802. The molecular formula is C19H22Cl2O2. The maximum atomic E-state index is 6.91. The summed E-state index contributed by atoms with van der Waals surface area (Å²) in [5.74, 6) is 1.78. The highest BCUT2D eigenvalue weighted by atomic mass is 35.5. The molecule has 1 saturated heterocycles. The second-order valence-electron chi connectivity index (χ2n) is 8.45. The van der Waals surface area contributed by atoms with Crippen LogP contribution in [0, 0.1) is 24.7 Å². The van der Waals surface area contributed by atoms with Gasteiger partial charge in [-0.2, -0.15) is 0 Å². The van der Waals surface area contributed by atoms with Gasteiger partial charge in [-0.15, -0.1) is 11.6 Å². The van der Waals surface area contributed by atoms with Gasteiger partial charge in [-0.05, 0) is 80.9 Å². The molecule has 0 radical (unpaired) electrons. The molecule has 1 spiro atoms. The summed E-state index contributed by atoms with van der Waals surface area (Å²) >= 11 is 13.1. The van der Waals surface area contributed by atoms with Crippen LogP contribution in [-0.2, 0) is 15.4 Å². The summed E-state index contributed by atoms with van der Waals surface area (Å²) in [6.07, 6.45) is 5.78. The number of halogens is 2. The Morgan fingerprint density at radius 3 is 2.30 bits per heavy atom. The zero-order valence-corrected chi connectivity index (χ0v) is 15.1. The van der Waals surface area contributed by atoms with Crippen LogP contribution in [0.1, 0.15) is 50.2 Å². The predicted molar refractivity (Wildman–Crippen MR) is 90.6 cm³/mol. The highest BCUT2D eigenvalue weighted by Crippen LogP contribution is 2.71. The van der Waals surface area contributed by atoms with Gasteiger partial charge in [0.25, 0.3) is 0 Å². The Labute approximate surface area is 147 Å².